The Morgan fingerprint density at radius 2 is 1.74 bits per heavy atom. The summed E-state index contributed by atoms with van der Waals surface area (Å²) in [5.74, 6) is 3.57. The molecule has 100 valence electrons. The quantitative estimate of drug-likeness (QED) is 0.828. The molecule has 5 rings (SSSR count). The van der Waals surface area contributed by atoms with Crippen molar-refractivity contribution in [1.82, 2.24) is 4.98 Å². The summed E-state index contributed by atoms with van der Waals surface area (Å²) in [5, 5.41) is 0. The van der Waals surface area contributed by atoms with Crippen molar-refractivity contribution in [3.05, 3.63) is 24.0 Å². The minimum absolute atomic E-state index is 0.234. The lowest BCUT2D eigenvalue weighted by atomic mass is 9.51. The normalized spacial score (nSPS) is 39.5. The number of carbonyl (C=O) groups excluding carboxylic acids is 1. The number of carbonyl (C=O) groups is 1. The molecule has 0 saturated heterocycles. The Hall–Kier alpha value is -1.38. The number of Topliss-reactive ketones (excluding diaryl/α,β-unsaturated/α-hetero) is 1. The van der Waals surface area contributed by atoms with E-state index in [0.717, 1.165) is 11.8 Å². The van der Waals surface area contributed by atoms with Crippen LogP contribution in [0.3, 0.4) is 0 Å². The van der Waals surface area contributed by atoms with Crippen LogP contribution in [0.4, 0.5) is 5.69 Å². The van der Waals surface area contributed by atoms with Crippen LogP contribution < -0.4 is 5.73 Å². The third-order valence-corrected chi connectivity index (χ3v) is 5.65. The van der Waals surface area contributed by atoms with Gasteiger partial charge in [-0.2, -0.15) is 0 Å². The first-order chi connectivity index (χ1) is 9.22. The Balaban J connectivity index is 1.66. The lowest BCUT2D eigenvalue weighted by molar-refractivity contribution is -0.0250. The molecule has 3 nitrogen and oxygen atoms in total. The summed E-state index contributed by atoms with van der Waals surface area (Å²) in [6.07, 6.45) is 9.79. The second kappa shape index (κ2) is 4.06. The number of anilines is 1. The fraction of sp³-hybridized carbons (Fsp3) is 0.625. The fourth-order valence-electron chi connectivity index (χ4n) is 5.16. The van der Waals surface area contributed by atoms with Gasteiger partial charge in [0.2, 0.25) is 0 Å². The summed E-state index contributed by atoms with van der Waals surface area (Å²) in [6, 6.07) is 1.79. The zero-order valence-electron chi connectivity index (χ0n) is 11.1. The van der Waals surface area contributed by atoms with Gasteiger partial charge in [0.1, 0.15) is 0 Å². The fourth-order valence-corrected chi connectivity index (χ4v) is 5.16. The molecule has 4 bridgehead atoms. The highest BCUT2D eigenvalue weighted by Crippen LogP contribution is 2.57. The Bertz CT molecular complexity index is 497. The SMILES string of the molecule is Nc1cnccc1C(=O)C1C2CC3CC(C2)CC1C3. The van der Waals surface area contributed by atoms with E-state index >= 15 is 0 Å². The molecule has 0 spiro atoms. The van der Waals surface area contributed by atoms with E-state index in [0.29, 0.717) is 23.1 Å². The maximum absolute atomic E-state index is 12.8. The summed E-state index contributed by atoms with van der Waals surface area (Å²) >= 11 is 0. The van der Waals surface area contributed by atoms with Crippen LogP contribution in [-0.4, -0.2) is 10.8 Å². The van der Waals surface area contributed by atoms with Gasteiger partial charge in [0.25, 0.3) is 0 Å². The molecular formula is C16H20N2O. The first-order valence-electron chi connectivity index (χ1n) is 7.46. The number of nitrogens with two attached hydrogens (primary N) is 1. The standard InChI is InChI=1S/C16H20N2O/c17-14-8-18-2-1-13(14)16(19)15-11-4-9-3-10(6-11)7-12(15)5-9/h1-2,8-12,15H,3-7,17H2. The Morgan fingerprint density at radius 1 is 1.11 bits per heavy atom. The summed E-state index contributed by atoms with van der Waals surface area (Å²) in [4.78, 5) is 16.8. The van der Waals surface area contributed by atoms with Gasteiger partial charge >= 0.3 is 0 Å². The van der Waals surface area contributed by atoms with E-state index in [-0.39, 0.29) is 11.7 Å². The highest BCUT2D eigenvalue weighted by molar-refractivity contribution is 6.02. The Morgan fingerprint density at radius 3 is 2.32 bits per heavy atom. The Kier molecular flexibility index (Phi) is 2.44. The first kappa shape index (κ1) is 11.4. The van der Waals surface area contributed by atoms with E-state index in [2.05, 4.69) is 4.98 Å². The van der Waals surface area contributed by atoms with E-state index in [1.54, 1.807) is 18.5 Å². The van der Waals surface area contributed by atoms with Crippen LogP contribution in [0.15, 0.2) is 18.5 Å². The van der Waals surface area contributed by atoms with Gasteiger partial charge in [-0.1, -0.05) is 0 Å². The number of hydrogen-bond acceptors (Lipinski definition) is 3. The topological polar surface area (TPSA) is 56.0 Å². The second-order valence-corrected chi connectivity index (χ2v) is 6.78. The number of hydrogen-bond donors (Lipinski definition) is 1. The van der Waals surface area contributed by atoms with Crippen LogP contribution >= 0.6 is 0 Å². The number of nitrogen functional groups attached to an aromatic ring is 1. The van der Waals surface area contributed by atoms with E-state index in [1.165, 1.54) is 32.1 Å². The predicted molar refractivity (Wildman–Crippen MR) is 73.5 cm³/mol. The van der Waals surface area contributed by atoms with Crippen molar-refractivity contribution in [1.29, 1.82) is 0 Å². The smallest absolute Gasteiger partial charge is 0.168 e. The summed E-state index contributed by atoms with van der Waals surface area (Å²) in [5.41, 5.74) is 7.18. The average molecular weight is 256 g/mol. The van der Waals surface area contributed by atoms with Gasteiger partial charge in [0, 0.05) is 17.7 Å². The minimum Gasteiger partial charge on any atom is -0.397 e. The lowest BCUT2D eigenvalue weighted by Crippen LogP contribution is -2.48. The van der Waals surface area contributed by atoms with Gasteiger partial charge in [0.05, 0.1) is 11.9 Å². The molecule has 1 aromatic rings. The molecule has 4 aliphatic carbocycles. The monoisotopic (exact) mass is 256 g/mol. The Labute approximate surface area is 113 Å². The molecule has 0 aromatic carbocycles. The lowest BCUT2D eigenvalue weighted by Gasteiger charge is -2.53. The molecule has 4 saturated carbocycles. The molecule has 1 aromatic heterocycles. The number of pyridine rings is 1. The molecule has 19 heavy (non-hydrogen) atoms. The van der Waals surface area contributed by atoms with Crippen molar-refractivity contribution in [3.63, 3.8) is 0 Å². The third-order valence-electron chi connectivity index (χ3n) is 5.65. The van der Waals surface area contributed by atoms with Gasteiger partial charge < -0.3 is 5.73 Å². The second-order valence-electron chi connectivity index (χ2n) is 6.78. The largest absolute Gasteiger partial charge is 0.397 e. The van der Waals surface area contributed by atoms with Crippen molar-refractivity contribution in [2.75, 3.05) is 5.73 Å². The van der Waals surface area contributed by atoms with Gasteiger partial charge in [-0.15, -0.1) is 0 Å². The first-order valence-corrected chi connectivity index (χ1v) is 7.46. The number of ketones is 1. The van der Waals surface area contributed by atoms with E-state index in [9.17, 15) is 4.79 Å². The number of aromatic nitrogens is 1. The van der Waals surface area contributed by atoms with Crippen LogP contribution in [0.25, 0.3) is 0 Å². The highest BCUT2D eigenvalue weighted by Gasteiger charge is 2.50. The highest BCUT2D eigenvalue weighted by atomic mass is 16.1. The minimum atomic E-state index is 0.234. The van der Waals surface area contributed by atoms with E-state index in [1.807, 2.05) is 0 Å². The molecule has 1 heterocycles. The van der Waals surface area contributed by atoms with Crippen molar-refractivity contribution in [2.24, 2.45) is 29.6 Å². The summed E-state index contributed by atoms with van der Waals surface area (Å²) < 4.78 is 0. The van der Waals surface area contributed by atoms with Crippen molar-refractivity contribution in [3.8, 4) is 0 Å². The number of rotatable bonds is 2. The van der Waals surface area contributed by atoms with Crippen molar-refractivity contribution >= 4 is 11.5 Å². The van der Waals surface area contributed by atoms with E-state index in [4.69, 9.17) is 5.73 Å². The van der Waals surface area contributed by atoms with Gasteiger partial charge in [0.15, 0.2) is 5.78 Å². The molecular weight excluding hydrogens is 236 g/mol. The van der Waals surface area contributed by atoms with Gasteiger partial charge in [-0.05, 0) is 61.8 Å². The number of nitrogens with zero attached hydrogens (tertiary/aromatic N) is 1. The zero-order chi connectivity index (χ0) is 13.0. The molecule has 0 aliphatic heterocycles. The van der Waals surface area contributed by atoms with Crippen molar-refractivity contribution in [2.45, 2.75) is 32.1 Å². The molecule has 0 unspecified atom stereocenters. The van der Waals surface area contributed by atoms with Crippen LogP contribution in [0.2, 0.25) is 0 Å². The molecule has 3 heteroatoms. The van der Waals surface area contributed by atoms with Crippen molar-refractivity contribution < 1.29 is 4.79 Å². The molecule has 0 atom stereocenters. The van der Waals surface area contributed by atoms with E-state index < -0.39 is 0 Å². The van der Waals surface area contributed by atoms with Crippen LogP contribution in [0.1, 0.15) is 42.5 Å². The van der Waals surface area contributed by atoms with Crippen LogP contribution in [-0.2, 0) is 0 Å². The third kappa shape index (κ3) is 1.71. The predicted octanol–water partition coefficient (Wildman–Crippen LogP) is 2.92. The molecule has 0 amide bonds. The summed E-state index contributed by atoms with van der Waals surface area (Å²) in [6.45, 7) is 0. The average Bonchev–Trinajstić information content (AvgIpc) is 2.37. The summed E-state index contributed by atoms with van der Waals surface area (Å²) in [7, 11) is 0. The molecule has 4 fully saturated rings. The maximum atomic E-state index is 12.8. The zero-order valence-corrected chi connectivity index (χ0v) is 11.1. The maximum Gasteiger partial charge on any atom is 0.168 e. The van der Waals surface area contributed by atoms with Crippen LogP contribution in [0.5, 0.6) is 0 Å². The molecule has 4 aliphatic rings. The van der Waals surface area contributed by atoms with Gasteiger partial charge in [-0.25, -0.2) is 0 Å². The molecule has 2 N–H and O–H groups in total. The van der Waals surface area contributed by atoms with Crippen LogP contribution in [0, 0.1) is 29.6 Å². The van der Waals surface area contributed by atoms with Gasteiger partial charge in [-0.3, -0.25) is 9.78 Å². The molecule has 0 radical (unpaired) electrons.